The van der Waals surface area contributed by atoms with Crippen LogP contribution in [0, 0.1) is 10.1 Å². The lowest BCUT2D eigenvalue weighted by Gasteiger charge is -1.96. The summed E-state index contributed by atoms with van der Waals surface area (Å²) in [6.45, 7) is 0. The van der Waals surface area contributed by atoms with Crippen molar-refractivity contribution >= 4 is 16.7 Å². The average Bonchev–Trinajstić information content (AvgIpc) is 2.85. The van der Waals surface area contributed by atoms with Crippen molar-refractivity contribution in [1.82, 2.24) is 15.0 Å². The molecule has 7 nitrogen and oxygen atoms in total. The third kappa shape index (κ3) is 1.77. The fourth-order valence-electron chi connectivity index (χ4n) is 1.79. The van der Waals surface area contributed by atoms with E-state index in [4.69, 9.17) is 0 Å². The van der Waals surface area contributed by atoms with Gasteiger partial charge in [-0.3, -0.25) is 10.1 Å². The molecule has 0 bridgehead atoms. The maximum atomic E-state index is 10.9. The van der Waals surface area contributed by atoms with E-state index >= 15 is 0 Å². The van der Waals surface area contributed by atoms with Gasteiger partial charge in [0.1, 0.15) is 5.75 Å². The molecule has 7 heteroatoms. The van der Waals surface area contributed by atoms with E-state index in [-0.39, 0.29) is 22.5 Å². The van der Waals surface area contributed by atoms with Crippen molar-refractivity contribution in [2.24, 2.45) is 0 Å². The van der Waals surface area contributed by atoms with Gasteiger partial charge in [0.2, 0.25) is 0 Å². The van der Waals surface area contributed by atoms with Gasteiger partial charge in [0.15, 0.2) is 11.0 Å². The van der Waals surface area contributed by atoms with Crippen LogP contribution in [0.4, 0.5) is 5.69 Å². The van der Waals surface area contributed by atoms with Crippen LogP contribution in [0.1, 0.15) is 0 Å². The van der Waals surface area contributed by atoms with Gasteiger partial charge < -0.3 is 5.11 Å². The van der Waals surface area contributed by atoms with Crippen molar-refractivity contribution in [3.8, 4) is 11.4 Å². The molecule has 0 saturated carbocycles. The first-order valence-electron chi connectivity index (χ1n) is 5.45. The molecule has 0 radical (unpaired) electrons. The Kier molecular flexibility index (Phi) is 2.38. The quantitative estimate of drug-likeness (QED) is 0.559. The Bertz CT molecular complexity index is 767. The minimum absolute atomic E-state index is 0.0638. The first-order chi connectivity index (χ1) is 9.16. The number of aromatic hydroxyl groups is 1. The van der Waals surface area contributed by atoms with Crippen LogP contribution in [-0.4, -0.2) is 25.0 Å². The predicted octanol–water partition coefficient (Wildman–Crippen LogP) is 2.03. The Balaban J connectivity index is 2.29. The molecule has 0 saturated heterocycles. The molecule has 1 aromatic heterocycles. The number of fused-ring (bicyclic) bond motifs is 1. The van der Waals surface area contributed by atoms with E-state index in [1.807, 2.05) is 6.07 Å². The van der Waals surface area contributed by atoms with Crippen molar-refractivity contribution < 1.29 is 10.0 Å². The summed E-state index contributed by atoms with van der Waals surface area (Å²) in [6, 6.07) is 11.4. The second-order valence-corrected chi connectivity index (χ2v) is 3.88. The number of phenolic OH excluding ortho intramolecular Hbond substituents is 1. The van der Waals surface area contributed by atoms with Crippen LogP contribution in [0.25, 0.3) is 16.7 Å². The molecule has 3 rings (SSSR count). The van der Waals surface area contributed by atoms with E-state index < -0.39 is 4.92 Å². The largest absolute Gasteiger partial charge is 0.506 e. The highest BCUT2D eigenvalue weighted by molar-refractivity contribution is 5.88. The van der Waals surface area contributed by atoms with Crippen LogP contribution in [0.5, 0.6) is 5.75 Å². The van der Waals surface area contributed by atoms with E-state index in [0.29, 0.717) is 5.69 Å². The molecule has 0 aliphatic carbocycles. The highest BCUT2D eigenvalue weighted by atomic mass is 16.6. The fraction of sp³-hybridized carbons (Fsp3) is 0. The van der Waals surface area contributed by atoms with Gasteiger partial charge in [-0.25, -0.2) is 0 Å². The molecule has 3 aromatic rings. The molecule has 19 heavy (non-hydrogen) atoms. The van der Waals surface area contributed by atoms with Crippen LogP contribution in [0.2, 0.25) is 0 Å². The van der Waals surface area contributed by atoms with E-state index in [1.54, 1.807) is 24.3 Å². The molecule has 0 atom stereocenters. The van der Waals surface area contributed by atoms with Crippen LogP contribution in [0.15, 0.2) is 42.5 Å². The number of rotatable bonds is 2. The first kappa shape index (κ1) is 11.1. The van der Waals surface area contributed by atoms with Crippen molar-refractivity contribution in [2.75, 3.05) is 0 Å². The zero-order chi connectivity index (χ0) is 13.4. The zero-order valence-electron chi connectivity index (χ0n) is 9.59. The summed E-state index contributed by atoms with van der Waals surface area (Å²) in [4.78, 5) is 11.6. The highest BCUT2D eigenvalue weighted by Crippen LogP contribution is 2.29. The summed E-state index contributed by atoms with van der Waals surface area (Å²) in [5.74, 6) is -0.136. The SMILES string of the molecule is O=[N+]([O-])c1ccc(O)c2nn(-c3ccccc3)nc12. The first-order valence-corrected chi connectivity index (χ1v) is 5.45. The number of hydrogen-bond acceptors (Lipinski definition) is 5. The van der Waals surface area contributed by atoms with Gasteiger partial charge in [-0.2, -0.15) is 4.80 Å². The molecule has 0 aliphatic heterocycles. The molecule has 1 N–H and O–H groups in total. The van der Waals surface area contributed by atoms with Gasteiger partial charge in [0.25, 0.3) is 5.69 Å². The molecular weight excluding hydrogens is 248 g/mol. The van der Waals surface area contributed by atoms with Crippen molar-refractivity contribution in [3.05, 3.63) is 52.6 Å². The van der Waals surface area contributed by atoms with Gasteiger partial charge in [0, 0.05) is 6.07 Å². The summed E-state index contributed by atoms with van der Waals surface area (Å²) in [5, 5.41) is 28.8. The second kappa shape index (κ2) is 4.05. The number of nitrogens with zero attached hydrogens (tertiary/aromatic N) is 4. The van der Waals surface area contributed by atoms with Crippen LogP contribution in [-0.2, 0) is 0 Å². The van der Waals surface area contributed by atoms with E-state index in [0.717, 1.165) is 0 Å². The molecule has 2 aromatic carbocycles. The molecule has 0 aliphatic rings. The second-order valence-electron chi connectivity index (χ2n) is 3.88. The Morgan fingerprint density at radius 1 is 1.05 bits per heavy atom. The van der Waals surface area contributed by atoms with Crippen LogP contribution >= 0.6 is 0 Å². The lowest BCUT2D eigenvalue weighted by Crippen LogP contribution is -1.97. The Labute approximate surface area is 106 Å². The van der Waals surface area contributed by atoms with E-state index in [9.17, 15) is 15.2 Å². The van der Waals surface area contributed by atoms with Crippen molar-refractivity contribution in [1.29, 1.82) is 0 Å². The standard InChI is InChI=1S/C12H8N4O3/c17-10-7-6-9(16(18)19)11-12(10)14-15(13-11)8-4-2-1-3-5-8/h1-7,17H. The molecule has 0 unspecified atom stereocenters. The Morgan fingerprint density at radius 2 is 1.74 bits per heavy atom. The number of phenols is 1. The zero-order valence-corrected chi connectivity index (χ0v) is 9.59. The Morgan fingerprint density at radius 3 is 2.42 bits per heavy atom. The van der Waals surface area contributed by atoms with Crippen LogP contribution < -0.4 is 0 Å². The minimum atomic E-state index is -0.550. The number of nitro benzene ring substituents is 1. The monoisotopic (exact) mass is 256 g/mol. The molecule has 1 heterocycles. The summed E-state index contributed by atoms with van der Waals surface area (Å²) < 4.78 is 0. The van der Waals surface area contributed by atoms with Crippen molar-refractivity contribution in [3.63, 3.8) is 0 Å². The summed E-state index contributed by atoms with van der Waals surface area (Å²) in [6.07, 6.45) is 0. The smallest absolute Gasteiger partial charge is 0.299 e. The average molecular weight is 256 g/mol. The highest BCUT2D eigenvalue weighted by Gasteiger charge is 2.19. The normalized spacial score (nSPS) is 10.7. The molecule has 0 amide bonds. The maximum absolute atomic E-state index is 10.9. The lowest BCUT2D eigenvalue weighted by atomic mass is 10.2. The number of aromatic nitrogens is 3. The number of non-ortho nitro benzene ring substituents is 1. The number of nitro groups is 1. The van der Waals surface area contributed by atoms with Gasteiger partial charge in [-0.05, 0) is 18.2 Å². The molecule has 0 spiro atoms. The lowest BCUT2D eigenvalue weighted by molar-refractivity contribution is -0.383. The molecular formula is C12H8N4O3. The van der Waals surface area contributed by atoms with Gasteiger partial charge >= 0.3 is 0 Å². The van der Waals surface area contributed by atoms with E-state index in [2.05, 4.69) is 10.2 Å². The summed E-state index contributed by atoms with van der Waals surface area (Å²) in [5.41, 5.74) is 0.647. The fourth-order valence-corrected chi connectivity index (χ4v) is 1.79. The number of hydrogen-bond donors (Lipinski definition) is 1. The minimum Gasteiger partial charge on any atom is -0.506 e. The van der Waals surface area contributed by atoms with Gasteiger partial charge in [0.05, 0.1) is 10.6 Å². The number of benzene rings is 2. The maximum Gasteiger partial charge on any atom is 0.299 e. The number of para-hydroxylation sites is 1. The molecule has 94 valence electrons. The third-order valence-electron chi connectivity index (χ3n) is 2.68. The molecule has 0 fully saturated rings. The van der Waals surface area contributed by atoms with Gasteiger partial charge in [-0.1, -0.05) is 18.2 Å². The third-order valence-corrected chi connectivity index (χ3v) is 2.68. The summed E-state index contributed by atoms with van der Waals surface area (Å²) >= 11 is 0. The van der Waals surface area contributed by atoms with Crippen LogP contribution in [0.3, 0.4) is 0 Å². The summed E-state index contributed by atoms with van der Waals surface area (Å²) in [7, 11) is 0. The topological polar surface area (TPSA) is 94.1 Å². The van der Waals surface area contributed by atoms with Crippen molar-refractivity contribution in [2.45, 2.75) is 0 Å². The predicted molar refractivity (Wildman–Crippen MR) is 67.2 cm³/mol. The van der Waals surface area contributed by atoms with Gasteiger partial charge in [-0.15, -0.1) is 10.2 Å². The Hall–Kier alpha value is -2.96. The van der Waals surface area contributed by atoms with E-state index in [1.165, 1.54) is 16.9 Å².